The van der Waals surface area contributed by atoms with Gasteiger partial charge in [-0.25, -0.2) is 8.42 Å². The van der Waals surface area contributed by atoms with Crippen molar-refractivity contribution in [2.45, 2.75) is 31.2 Å². The molecule has 0 radical (unpaired) electrons. The molecule has 0 aliphatic rings. The van der Waals surface area contributed by atoms with Crippen LogP contribution in [0.25, 0.3) is 0 Å². The molecule has 2 amide bonds. The molecule has 0 atom stereocenters. The van der Waals surface area contributed by atoms with Crippen LogP contribution in [0.15, 0.2) is 52.0 Å². The Morgan fingerprint density at radius 3 is 2.32 bits per heavy atom. The van der Waals surface area contributed by atoms with Gasteiger partial charge in [0, 0.05) is 0 Å². The minimum Gasteiger partial charge on any atom is -0.467 e. The molecule has 1 aromatic carbocycles. The number of furan rings is 1. The van der Waals surface area contributed by atoms with Crippen LogP contribution >= 0.6 is 0 Å². The highest BCUT2D eigenvalue weighted by molar-refractivity contribution is 7.89. The van der Waals surface area contributed by atoms with Crippen LogP contribution < -0.4 is 15.6 Å². The van der Waals surface area contributed by atoms with E-state index in [4.69, 9.17) is 4.42 Å². The van der Waals surface area contributed by atoms with Crippen LogP contribution in [0.3, 0.4) is 0 Å². The van der Waals surface area contributed by atoms with Gasteiger partial charge in [-0.15, -0.1) is 4.83 Å². The molecule has 3 N–H and O–H groups in total. The topological polar surface area (TPSA) is 118 Å². The first-order valence-electron chi connectivity index (χ1n) is 7.52. The van der Waals surface area contributed by atoms with Gasteiger partial charge in [-0.1, -0.05) is 26.0 Å². The molecular formula is C16H19N3O5S. The number of nitrogens with one attached hydrogen (secondary N) is 3. The van der Waals surface area contributed by atoms with Gasteiger partial charge in [0.25, 0.3) is 10.0 Å². The van der Waals surface area contributed by atoms with E-state index in [0.29, 0.717) is 5.76 Å². The number of benzene rings is 1. The summed E-state index contributed by atoms with van der Waals surface area (Å²) < 4.78 is 29.2. The highest BCUT2D eigenvalue weighted by atomic mass is 32.2. The van der Waals surface area contributed by atoms with E-state index in [-0.39, 0.29) is 17.4 Å². The van der Waals surface area contributed by atoms with Gasteiger partial charge in [0.1, 0.15) is 5.76 Å². The number of sulfonamides is 1. The van der Waals surface area contributed by atoms with Crippen molar-refractivity contribution in [3.63, 3.8) is 0 Å². The SMILES string of the molecule is CC(C)c1ccc(S(=O)(=O)NNC(=O)C(=O)NCc2ccco2)cc1. The Hall–Kier alpha value is -2.65. The van der Waals surface area contributed by atoms with Crippen LogP contribution in [0.1, 0.15) is 31.1 Å². The lowest BCUT2D eigenvalue weighted by Crippen LogP contribution is -2.48. The third-order valence-corrected chi connectivity index (χ3v) is 4.63. The van der Waals surface area contributed by atoms with Crippen molar-refractivity contribution < 1.29 is 22.4 Å². The summed E-state index contributed by atoms with van der Waals surface area (Å²) in [7, 11) is -3.97. The Bertz CT molecular complexity index is 827. The Morgan fingerprint density at radius 1 is 1.08 bits per heavy atom. The molecule has 25 heavy (non-hydrogen) atoms. The molecule has 0 bridgehead atoms. The molecule has 2 aromatic rings. The predicted molar refractivity (Wildman–Crippen MR) is 89.5 cm³/mol. The maximum Gasteiger partial charge on any atom is 0.324 e. The van der Waals surface area contributed by atoms with Crippen molar-refractivity contribution in [3.8, 4) is 0 Å². The molecule has 1 heterocycles. The molecular weight excluding hydrogens is 346 g/mol. The second-order valence-corrected chi connectivity index (χ2v) is 7.23. The van der Waals surface area contributed by atoms with E-state index in [1.54, 1.807) is 24.3 Å². The lowest BCUT2D eigenvalue weighted by Gasteiger charge is -2.10. The monoisotopic (exact) mass is 365 g/mol. The summed E-state index contributed by atoms with van der Waals surface area (Å²) in [4.78, 5) is 25.1. The summed E-state index contributed by atoms with van der Waals surface area (Å²) in [5, 5.41) is 2.30. The van der Waals surface area contributed by atoms with Gasteiger partial charge in [-0.05, 0) is 35.7 Å². The minimum atomic E-state index is -3.97. The lowest BCUT2D eigenvalue weighted by atomic mass is 10.0. The predicted octanol–water partition coefficient (Wildman–Crippen LogP) is 1.03. The third kappa shape index (κ3) is 5.16. The summed E-state index contributed by atoms with van der Waals surface area (Å²) in [5.74, 6) is -1.39. The molecule has 2 rings (SSSR count). The maximum atomic E-state index is 12.1. The second kappa shape index (κ2) is 7.95. The maximum absolute atomic E-state index is 12.1. The first-order chi connectivity index (χ1) is 11.8. The fraction of sp³-hybridized carbons (Fsp3) is 0.250. The smallest absolute Gasteiger partial charge is 0.324 e. The number of carbonyl (C=O) groups is 2. The fourth-order valence-electron chi connectivity index (χ4n) is 1.92. The van der Waals surface area contributed by atoms with E-state index in [1.165, 1.54) is 18.4 Å². The van der Waals surface area contributed by atoms with Crippen LogP contribution in [-0.2, 0) is 26.2 Å². The van der Waals surface area contributed by atoms with Gasteiger partial charge in [0.2, 0.25) is 0 Å². The highest BCUT2D eigenvalue weighted by Crippen LogP contribution is 2.16. The number of hydrogen-bond donors (Lipinski definition) is 3. The van der Waals surface area contributed by atoms with E-state index in [2.05, 4.69) is 5.32 Å². The first-order valence-corrected chi connectivity index (χ1v) is 9.00. The molecule has 134 valence electrons. The summed E-state index contributed by atoms with van der Waals surface area (Å²) in [6, 6.07) is 9.51. The zero-order valence-corrected chi connectivity index (χ0v) is 14.6. The quantitative estimate of drug-likeness (QED) is 0.522. The molecule has 0 saturated heterocycles. The Morgan fingerprint density at radius 2 is 1.76 bits per heavy atom. The summed E-state index contributed by atoms with van der Waals surface area (Å²) in [5.41, 5.74) is 2.86. The zero-order chi connectivity index (χ0) is 18.4. The van der Waals surface area contributed by atoms with Gasteiger partial charge in [0.05, 0.1) is 17.7 Å². The van der Waals surface area contributed by atoms with Crippen molar-refractivity contribution in [1.29, 1.82) is 0 Å². The molecule has 0 fully saturated rings. The van der Waals surface area contributed by atoms with Gasteiger partial charge >= 0.3 is 11.8 Å². The van der Waals surface area contributed by atoms with Gasteiger partial charge < -0.3 is 9.73 Å². The number of amides is 2. The largest absolute Gasteiger partial charge is 0.467 e. The molecule has 0 aliphatic heterocycles. The van der Waals surface area contributed by atoms with E-state index >= 15 is 0 Å². The second-order valence-electron chi connectivity index (χ2n) is 5.55. The van der Waals surface area contributed by atoms with Crippen LogP contribution in [0, 0.1) is 0 Å². The standard InChI is InChI=1S/C16H19N3O5S/c1-11(2)12-5-7-14(8-6-12)25(22,23)19-18-16(21)15(20)17-10-13-4-3-9-24-13/h3-9,11,19H,10H2,1-2H3,(H,17,20)(H,18,21). The lowest BCUT2D eigenvalue weighted by molar-refractivity contribution is -0.139. The first kappa shape index (κ1) is 18.7. The Balaban J connectivity index is 1.89. The molecule has 0 unspecified atom stereocenters. The zero-order valence-electron chi connectivity index (χ0n) is 13.8. The normalized spacial score (nSPS) is 11.3. The molecule has 0 aliphatic carbocycles. The number of hydrogen-bond acceptors (Lipinski definition) is 5. The van der Waals surface area contributed by atoms with Crippen LogP contribution in [0.4, 0.5) is 0 Å². The van der Waals surface area contributed by atoms with E-state index in [0.717, 1.165) is 5.56 Å². The Labute approximate surface area is 145 Å². The molecule has 1 aromatic heterocycles. The molecule has 9 heteroatoms. The van der Waals surface area contributed by atoms with Crippen molar-refractivity contribution in [1.82, 2.24) is 15.6 Å². The fourth-order valence-corrected chi connectivity index (χ4v) is 2.76. The van der Waals surface area contributed by atoms with E-state index in [9.17, 15) is 18.0 Å². The number of carbonyl (C=O) groups excluding carboxylic acids is 2. The van der Waals surface area contributed by atoms with E-state index < -0.39 is 21.8 Å². The summed E-state index contributed by atoms with van der Waals surface area (Å²) >= 11 is 0. The van der Waals surface area contributed by atoms with E-state index in [1.807, 2.05) is 24.1 Å². The summed E-state index contributed by atoms with van der Waals surface area (Å²) in [6.45, 7) is 4.00. The number of rotatable bonds is 6. The number of hydrazine groups is 1. The van der Waals surface area contributed by atoms with Crippen molar-refractivity contribution in [3.05, 3.63) is 54.0 Å². The molecule has 8 nitrogen and oxygen atoms in total. The third-order valence-electron chi connectivity index (χ3n) is 3.37. The van der Waals surface area contributed by atoms with Crippen LogP contribution in [-0.4, -0.2) is 20.2 Å². The van der Waals surface area contributed by atoms with Gasteiger partial charge in [-0.2, -0.15) is 0 Å². The van der Waals surface area contributed by atoms with Crippen molar-refractivity contribution in [2.75, 3.05) is 0 Å². The van der Waals surface area contributed by atoms with Crippen molar-refractivity contribution in [2.24, 2.45) is 0 Å². The Kier molecular flexibility index (Phi) is 5.94. The average Bonchev–Trinajstić information content (AvgIpc) is 3.11. The highest BCUT2D eigenvalue weighted by Gasteiger charge is 2.19. The van der Waals surface area contributed by atoms with Crippen LogP contribution in [0.2, 0.25) is 0 Å². The minimum absolute atomic E-state index is 0.0165. The van der Waals surface area contributed by atoms with Gasteiger partial charge in [-0.3, -0.25) is 15.0 Å². The average molecular weight is 365 g/mol. The molecule has 0 spiro atoms. The van der Waals surface area contributed by atoms with Gasteiger partial charge in [0.15, 0.2) is 0 Å². The summed E-state index contributed by atoms with van der Waals surface area (Å²) in [6.07, 6.45) is 1.43. The van der Waals surface area contributed by atoms with Crippen LogP contribution in [0.5, 0.6) is 0 Å². The molecule has 0 saturated carbocycles. The van der Waals surface area contributed by atoms with Crippen molar-refractivity contribution >= 4 is 21.8 Å².